The molecule has 0 spiro atoms. The van der Waals surface area contributed by atoms with Gasteiger partial charge in [-0.3, -0.25) is 4.72 Å². The number of benzene rings is 1. The average molecular weight is 297 g/mol. The van der Waals surface area contributed by atoms with Crippen LogP contribution in [0, 0.1) is 13.8 Å². The van der Waals surface area contributed by atoms with E-state index in [4.69, 9.17) is 11.6 Å². The zero-order valence-electron chi connectivity index (χ0n) is 10.5. The summed E-state index contributed by atoms with van der Waals surface area (Å²) in [5.74, 6) is 0. The van der Waals surface area contributed by atoms with Gasteiger partial charge in [-0.05, 0) is 37.6 Å². The smallest absolute Gasteiger partial charge is 0.262 e. The van der Waals surface area contributed by atoms with Gasteiger partial charge in [0.05, 0.1) is 10.6 Å². The van der Waals surface area contributed by atoms with Crippen molar-refractivity contribution in [3.8, 4) is 0 Å². The monoisotopic (exact) mass is 296 g/mol. The van der Waals surface area contributed by atoms with Gasteiger partial charge in [0.25, 0.3) is 10.0 Å². The second-order valence-corrected chi connectivity index (χ2v) is 6.28. The molecule has 0 radical (unpaired) electrons. The van der Waals surface area contributed by atoms with Gasteiger partial charge >= 0.3 is 0 Å². The summed E-state index contributed by atoms with van der Waals surface area (Å²) in [7, 11) is -3.61. The molecule has 0 aliphatic rings. The van der Waals surface area contributed by atoms with Crippen LogP contribution < -0.4 is 4.72 Å². The van der Waals surface area contributed by atoms with Crippen LogP contribution in [-0.2, 0) is 10.0 Å². The highest BCUT2D eigenvalue weighted by Crippen LogP contribution is 2.21. The maximum atomic E-state index is 12.3. The number of pyridine rings is 1. The molecule has 0 atom stereocenters. The minimum atomic E-state index is -3.61. The lowest BCUT2D eigenvalue weighted by molar-refractivity contribution is 0.600. The summed E-state index contributed by atoms with van der Waals surface area (Å²) in [5.41, 5.74) is 2.11. The molecule has 0 fully saturated rings. The number of hydrogen-bond acceptors (Lipinski definition) is 3. The van der Waals surface area contributed by atoms with E-state index in [1.807, 2.05) is 13.0 Å². The fourth-order valence-corrected chi connectivity index (χ4v) is 3.23. The van der Waals surface area contributed by atoms with Crippen LogP contribution in [-0.4, -0.2) is 13.4 Å². The van der Waals surface area contributed by atoms with Crippen molar-refractivity contribution in [2.24, 2.45) is 0 Å². The summed E-state index contributed by atoms with van der Waals surface area (Å²) in [6.45, 7) is 3.68. The minimum absolute atomic E-state index is 0.237. The molecule has 100 valence electrons. The first kappa shape index (κ1) is 13.8. The summed E-state index contributed by atoms with van der Waals surface area (Å²) in [6, 6.07) is 8.20. The fourth-order valence-electron chi connectivity index (χ4n) is 1.78. The van der Waals surface area contributed by atoms with E-state index < -0.39 is 10.0 Å². The molecule has 2 rings (SSSR count). The lowest BCUT2D eigenvalue weighted by Crippen LogP contribution is -2.14. The van der Waals surface area contributed by atoms with Crippen LogP contribution in [0.15, 0.2) is 41.4 Å². The van der Waals surface area contributed by atoms with Crippen LogP contribution in [0.4, 0.5) is 5.69 Å². The standard InChI is InChI=1S/C13H13ClN2O2S/c1-9-3-4-12(10(2)7-9)19(17,18)16-11-5-6-15-13(14)8-11/h3-8H,1-2H3,(H,15,16). The van der Waals surface area contributed by atoms with Crippen molar-refractivity contribution in [1.29, 1.82) is 0 Å². The van der Waals surface area contributed by atoms with Gasteiger partial charge in [0.1, 0.15) is 5.15 Å². The van der Waals surface area contributed by atoms with Gasteiger partial charge in [0.2, 0.25) is 0 Å². The third-order valence-corrected chi connectivity index (χ3v) is 4.35. The molecule has 0 bridgehead atoms. The number of sulfonamides is 1. The second kappa shape index (κ2) is 5.19. The Hall–Kier alpha value is -1.59. The molecule has 0 aliphatic carbocycles. The van der Waals surface area contributed by atoms with E-state index in [2.05, 4.69) is 9.71 Å². The second-order valence-electron chi connectivity index (χ2n) is 4.24. The first-order valence-electron chi connectivity index (χ1n) is 5.60. The van der Waals surface area contributed by atoms with Gasteiger partial charge < -0.3 is 0 Å². The van der Waals surface area contributed by atoms with Crippen LogP contribution in [0.25, 0.3) is 0 Å². The lowest BCUT2D eigenvalue weighted by Gasteiger charge is -2.10. The molecular formula is C13H13ClN2O2S. The first-order valence-corrected chi connectivity index (χ1v) is 7.46. The number of rotatable bonds is 3. The Morgan fingerprint density at radius 2 is 1.89 bits per heavy atom. The molecule has 0 aliphatic heterocycles. The Bertz CT molecular complexity index is 714. The molecule has 0 unspecified atom stereocenters. The van der Waals surface area contributed by atoms with E-state index in [1.165, 1.54) is 12.3 Å². The summed E-state index contributed by atoms with van der Waals surface area (Å²) < 4.78 is 27.0. The zero-order valence-corrected chi connectivity index (χ0v) is 12.1. The van der Waals surface area contributed by atoms with Gasteiger partial charge in [-0.25, -0.2) is 13.4 Å². The van der Waals surface area contributed by atoms with Crippen LogP contribution in [0.3, 0.4) is 0 Å². The molecule has 19 heavy (non-hydrogen) atoms. The predicted octanol–water partition coefficient (Wildman–Crippen LogP) is 3.15. The number of aryl methyl sites for hydroxylation is 2. The van der Waals surface area contributed by atoms with Crippen molar-refractivity contribution in [1.82, 2.24) is 4.98 Å². The van der Waals surface area contributed by atoms with E-state index in [0.29, 0.717) is 11.3 Å². The molecule has 1 N–H and O–H groups in total. The van der Waals surface area contributed by atoms with Gasteiger partial charge in [-0.15, -0.1) is 0 Å². The van der Waals surface area contributed by atoms with Crippen molar-refractivity contribution in [2.75, 3.05) is 4.72 Å². The number of anilines is 1. The molecule has 2 aromatic rings. The Kier molecular flexibility index (Phi) is 3.78. The van der Waals surface area contributed by atoms with Crippen molar-refractivity contribution in [3.63, 3.8) is 0 Å². The molecule has 0 saturated carbocycles. The summed E-state index contributed by atoms with van der Waals surface area (Å²) in [6.07, 6.45) is 1.45. The molecule has 6 heteroatoms. The van der Waals surface area contributed by atoms with Crippen molar-refractivity contribution in [3.05, 3.63) is 52.8 Å². The number of nitrogens with one attached hydrogen (secondary N) is 1. The molecule has 1 aromatic carbocycles. The Morgan fingerprint density at radius 3 is 2.53 bits per heavy atom. The quantitative estimate of drug-likeness (QED) is 0.885. The third kappa shape index (κ3) is 3.24. The molecular weight excluding hydrogens is 284 g/mol. The topological polar surface area (TPSA) is 59.1 Å². The molecule has 1 aromatic heterocycles. The highest BCUT2D eigenvalue weighted by Gasteiger charge is 2.16. The number of aromatic nitrogens is 1. The molecule has 1 heterocycles. The van der Waals surface area contributed by atoms with Crippen LogP contribution in [0.1, 0.15) is 11.1 Å². The summed E-state index contributed by atoms with van der Waals surface area (Å²) in [5, 5.41) is 0.237. The first-order chi connectivity index (χ1) is 8.88. The highest BCUT2D eigenvalue weighted by atomic mass is 35.5. The summed E-state index contributed by atoms with van der Waals surface area (Å²) in [4.78, 5) is 4.06. The Labute approximate surface area is 117 Å². The number of hydrogen-bond donors (Lipinski definition) is 1. The largest absolute Gasteiger partial charge is 0.279 e. The van der Waals surface area contributed by atoms with Crippen LogP contribution in [0.5, 0.6) is 0 Å². The molecule has 4 nitrogen and oxygen atoms in total. The van der Waals surface area contributed by atoms with Crippen molar-refractivity contribution < 1.29 is 8.42 Å². The highest BCUT2D eigenvalue weighted by molar-refractivity contribution is 7.92. The number of nitrogens with zero attached hydrogens (tertiary/aromatic N) is 1. The van der Waals surface area contributed by atoms with E-state index in [9.17, 15) is 8.42 Å². The van der Waals surface area contributed by atoms with Gasteiger partial charge in [0, 0.05) is 6.20 Å². The summed E-state index contributed by atoms with van der Waals surface area (Å²) >= 11 is 5.73. The fraction of sp³-hybridized carbons (Fsp3) is 0.154. The minimum Gasteiger partial charge on any atom is -0.279 e. The predicted molar refractivity (Wildman–Crippen MR) is 76.0 cm³/mol. The molecule has 0 saturated heterocycles. The lowest BCUT2D eigenvalue weighted by atomic mass is 10.2. The van der Waals surface area contributed by atoms with Gasteiger partial charge in [-0.2, -0.15) is 0 Å². The van der Waals surface area contributed by atoms with Gasteiger partial charge in [0.15, 0.2) is 0 Å². The Balaban J connectivity index is 2.38. The average Bonchev–Trinajstić information content (AvgIpc) is 2.27. The molecule has 0 amide bonds. The van der Waals surface area contributed by atoms with E-state index >= 15 is 0 Å². The maximum Gasteiger partial charge on any atom is 0.262 e. The van der Waals surface area contributed by atoms with Crippen molar-refractivity contribution in [2.45, 2.75) is 18.7 Å². The zero-order chi connectivity index (χ0) is 14.0. The third-order valence-electron chi connectivity index (χ3n) is 2.60. The van der Waals surface area contributed by atoms with Crippen molar-refractivity contribution >= 4 is 27.3 Å². The van der Waals surface area contributed by atoms with Gasteiger partial charge in [-0.1, -0.05) is 29.3 Å². The Morgan fingerprint density at radius 1 is 1.16 bits per heavy atom. The van der Waals surface area contributed by atoms with E-state index in [0.717, 1.165) is 5.56 Å². The SMILES string of the molecule is Cc1ccc(S(=O)(=O)Nc2ccnc(Cl)c2)c(C)c1. The normalized spacial score (nSPS) is 11.3. The van der Waals surface area contributed by atoms with Crippen LogP contribution in [0.2, 0.25) is 5.15 Å². The number of halogens is 1. The van der Waals surface area contributed by atoms with Crippen LogP contribution >= 0.6 is 11.6 Å². The van der Waals surface area contributed by atoms with E-state index in [1.54, 1.807) is 25.1 Å². The van der Waals surface area contributed by atoms with E-state index in [-0.39, 0.29) is 10.0 Å². The maximum absolute atomic E-state index is 12.3.